The molecule has 6 nitrogen and oxygen atoms in total. The SMILES string of the molecule is CC(C)(C)NC(=O)OC1SCN(c2cccnc2)C1=O. The topological polar surface area (TPSA) is 71.5 Å². The molecule has 20 heavy (non-hydrogen) atoms. The van der Waals surface area contributed by atoms with Gasteiger partial charge in [0.05, 0.1) is 17.8 Å². The Bertz CT molecular complexity index is 501. The fraction of sp³-hybridized carbons (Fsp3) is 0.462. The Morgan fingerprint density at radius 3 is 2.90 bits per heavy atom. The van der Waals surface area contributed by atoms with Crippen LogP contribution in [0.1, 0.15) is 20.8 Å². The van der Waals surface area contributed by atoms with Crippen molar-refractivity contribution in [1.82, 2.24) is 10.3 Å². The van der Waals surface area contributed by atoms with Gasteiger partial charge in [-0.3, -0.25) is 14.7 Å². The molecule has 1 atom stereocenters. The second kappa shape index (κ2) is 5.70. The first-order chi connectivity index (χ1) is 9.37. The average Bonchev–Trinajstić information content (AvgIpc) is 2.70. The Morgan fingerprint density at radius 1 is 1.55 bits per heavy atom. The zero-order valence-electron chi connectivity index (χ0n) is 11.6. The van der Waals surface area contributed by atoms with Crippen LogP contribution >= 0.6 is 11.8 Å². The number of pyridine rings is 1. The van der Waals surface area contributed by atoms with Crippen LogP contribution in [-0.2, 0) is 9.53 Å². The number of carbonyl (C=O) groups excluding carboxylic acids is 2. The molecule has 1 unspecified atom stereocenters. The number of alkyl carbamates (subject to hydrolysis) is 1. The van der Waals surface area contributed by atoms with Gasteiger partial charge in [0.2, 0.25) is 5.44 Å². The summed E-state index contributed by atoms with van der Waals surface area (Å²) in [6.45, 7) is 5.54. The van der Waals surface area contributed by atoms with Crippen molar-refractivity contribution in [3.8, 4) is 0 Å². The zero-order chi connectivity index (χ0) is 14.8. The van der Waals surface area contributed by atoms with Gasteiger partial charge < -0.3 is 10.1 Å². The first kappa shape index (κ1) is 14.6. The Balaban J connectivity index is 1.97. The first-order valence-electron chi connectivity index (χ1n) is 6.18. The highest BCUT2D eigenvalue weighted by Crippen LogP contribution is 2.29. The van der Waals surface area contributed by atoms with E-state index < -0.39 is 17.1 Å². The van der Waals surface area contributed by atoms with Crippen LogP contribution in [-0.4, -0.2) is 33.8 Å². The van der Waals surface area contributed by atoms with Crippen molar-refractivity contribution in [1.29, 1.82) is 0 Å². The number of carbonyl (C=O) groups is 2. The molecule has 1 fully saturated rings. The predicted molar refractivity (Wildman–Crippen MR) is 77.3 cm³/mol. The predicted octanol–water partition coefficient (Wildman–Crippen LogP) is 1.97. The monoisotopic (exact) mass is 295 g/mol. The van der Waals surface area contributed by atoms with Crippen LogP contribution in [0.2, 0.25) is 0 Å². The summed E-state index contributed by atoms with van der Waals surface area (Å²) >= 11 is 1.27. The lowest BCUT2D eigenvalue weighted by Gasteiger charge is -2.21. The Hall–Kier alpha value is -1.76. The molecule has 0 aromatic carbocycles. The molecule has 2 heterocycles. The summed E-state index contributed by atoms with van der Waals surface area (Å²) in [5, 5.41) is 2.66. The molecule has 1 aliphatic heterocycles. The number of amides is 2. The number of ether oxygens (including phenoxy) is 1. The highest BCUT2D eigenvalue weighted by molar-refractivity contribution is 8.01. The number of anilines is 1. The lowest BCUT2D eigenvalue weighted by molar-refractivity contribution is -0.122. The largest absolute Gasteiger partial charge is 0.425 e. The third-order valence-corrected chi connectivity index (χ3v) is 3.48. The van der Waals surface area contributed by atoms with Crippen LogP contribution in [0.15, 0.2) is 24.5 Å². The van der Waals surface area contributed by atoms with Crippen molar-refractivity contribution in [2.75, 3.05) is 10.8 Å². The zero-order valence-corrected chi connectivity index (χ0v) is 12.4. The number of nitrogens with one attached hydrogen (secondary N) is 1. The van der Waals surface area contributed by atoms with E-state index in [1.165, 1.54) is 11.8 Å². The summed E-state index contributed by atoms with van der Waals surface area (Å²) in [6, 6.07) is 3.55. The smallest absolute Gasteiger partial charge is 0.409 e. The third kappa shape index (κ3) is 3.63. The second-order valence-electron chi connectivity index (χ2n) is 5.39. The molecular weight excluding hydrogens is 278 g/mol. The molecule has 0 aliphatic carbocycles. The van der Waals surface area contributed by atoms with Crippen LogP contribution in [0.5, 0.6) is 0 Å². The van der Waals surface area contributed by atoms with Crippen LogP contribution in [0.4, 0.5) is 10.5 Å². The molecule has 0 spiro atoms. The van der Waals surface area contributed by atoms with E-state index in [2.05, 4.69) is 10.3 Å². The van der Waals surface area contributed by atoms with Crippen LogP contribution in [0, 0.1) is 0 Å². The molecule has 2 rings (SSSR count). The maximum absolute atomic E-state index is 12.2. The lowest BCUT2D eigenvalue weighted by Crippen LogP contribution is -2.43. The van der Waals surface area contributed by atoms with Crippen molar-refractivity contribution in [3.05, 3.63) is 24.5 Å². The maximum atomic E-state index is 12.2. The van der Waals surface area contributed by atoms with Gasteiger partial charge in [-0.2, -0.15) is 0 Å². The Kier molecular flexibility index (Phi) is 4.17. The molecule has 1 aromatic heterocycles. The van der Waals surface area contributed by atoms with E-state index in [0.717, 1.165) is 0 Å². The van der Waals surface area contributed by atoms with E-state index in [1.54, 1.807) is 29.4 Å². The van der Waals surface area contributed by atoms with Gasteiger partial charge in [-0.05, 0) is 32.9 Å². The minimum atomic E-state index is -0.808. The summed E-state index contributed by atoms with van der Waals surface area (Å²) < 4.78 is 5.15. The van der Waals surface area contributed by atoms with Crippen LogP contribution < -0.4 is 10.2 Å². The van der Waals surface area contributed by atoms with E-state index >= 15 is 0 Å². The standard InChI is InChI=1S/C13H17N3O3S/c1-13(2,3)15-12(18)19-11-10(17)16(8-20-11)9-5-4-6-14-7-9/h4-7,11H,8H2,1-3H3,(H,15,18). The molecular formula is C13H17N3O3S. The fourth-order valence-corrected chi connectivity index (χ4v) is 2.62. The number of nitrogens with zero attached hydrogens (tertiary/aromatic N) is 2. The van der Waals surface area contributed by atoms with Gasteiger partial charge in [-0.25, -0.2) is 4.79 Å². The van der Waals surface area contributed by atoms with Gasteiger partial charge in [-0.1, -0.05) is 11.8 Å². The molecule has 7 heteroatoms. The van der Waals surface area contributed by atoms with Gasteiger partial charge in [0, 0.05) is 11.7 Å². The van der Waals surface area contributed by atoms with E-state index in [0.29, 0.717) is 11.6 Å². The van der Waals surface area contributed by atoms with Gasteiger partial charge in [-0.15, -0.1) is 0 Å². The van der Waals surface area contributed by atoms with E-state index in [9.17, 15) is 9.59 Å². The van der Waals surface area contributed by atoms with Gasteiger partial charge in [0.1, 0.15) is 0 Å². The molecule has 0 radical (unpaired) electrons. The van der Waals surface area contributed by atoms with Crippen molar-refractivity contribution in [2.24, 2.45) is 0 Å². The van der Waals surface area contributed by atoms with Crippen molar-refractivity contribution < 1.29 is 14.3 Å². The quantitative estimate of drug-likeness (QED) is 0.903. The summed E-state index contributed by atoms with van der Waals surface area (Å²) in [6.07, 6.45) is 2.66. The number of rotatable bonds is 2. The third-order valence-electron chi connectivity index (χ3n) is 2.47. The molecule has 1 saturated heterocycles. The van der Waals surface area contributed by atoms with Gasteiger partial charge >= 0.3 is 6.09 Å². The maximum Gasteiger partial charge on any atom is 0.409 e. The van der Waals surface area contributed by atoms with E-state index in [1.807, 2.05) is 20.8 Å². The number of thioether (sulfide) groups is 1. The number of hydrogen-bond donors (Lipinski definition) is 1. The first-order valence-corrected chi connectivity index (χ1v) is 7.23. The van der Waals surface area contributed by atoms with Gasteiger partial charge in [0.15, 0.2) is 0 Å². The van der Waals surface area contributed by atoms with Crippen molar-refractivity contribution >= 4 is 29.4 Å². The van der Waals surface area contributed by atoms with Crippen molar-refractivity contribution in [3.63, 3.8) is 0 Å². The van der Waals surface area contributed by atoms with Crippen LogP contribution in [0.25, 0.3) is 0 Å². The molecule has 1 aliphatic rings. The number of aromatic nitrogens is 1. The molecule has 1 aromatic rings. The normalized spacial score (nSPS) is 19.1. The highest BCUT2D eigenvalue weighted by atomic mass is 32.2. The average molecular weight is 295 g/mol. The summed E-state index contributed by atoms with van der Waals surface area (Å²) in [5.74, 6) is 0.199. The lowest BCUT2D eigenvalue weighted by atomic mass is 10.1. The molecule has 0 bridgehead atoms. The molecule has 0 saturated carbocycles. The Morgan fingerprint density at radius 2 is 2.30 bits per heavy atom. The highest BCUT2D eigenvalue weighted by Gasteiger charge is 2.36. The minimum Gasteiger partial charge on any atom is -0.425 e. The Labute approximate surface area is 121 Å². The molecule has 1 N–H and O–H groups in total. The summed E-state index contributed by atoms with van der Waals surface area (Å²) in [4.78, 5) is 29.4. The molecule has 2 amide bonds. The molecule has 108 valence electrons. The van der Waals surface area contributed by atoms with Gasteiger partial charge in [0.25, 0.3) is 5.91 Å². The summed E-state index contributed by atoms with van der Waals surface area (Å²) in [7, 11) is 0. The summed E-state index contributed by atoms with van der Waals surface area (Å²) in [5.41, 5.74) is -0.503. The van der Waals surface area contributed by atoms with Crippen molar-refractivity contribution in [2.45, 2.75) is 31.7 Å². The van der Waals surface area contributed by atoms with E-state index in [4.69, 9.17) is 4.74 Å². The fourth-order valence-electron chi connectivity index (χ4n) is 1.64. The second-order valence-corrected chi connectivity index (χ2v) is 6.41. The van der Waals surface area contributed by atoms with Crippen LogP contribution in [0.3, 0.4) is 0 Å². The van der Waals surface area contributed by atoms with E-state index in [-0.39, 0.29) is 5.91 Å². The minimum absolute atomic E-state index is 0.243. The number of hydrogen-bond acceptors (Lipinski definition) is 5.